The molecule has 13 heavy (non-hydrogen) atoms. The van der Waals surface area contributed by atoms with Crippen molar-refractivity contribution >= 4 is 0 Å². The average molecular weight is 186 g/mol. The first-order valence-corrected chi connectivity index (χ1v) is 5.54. The minimum absolute atomic E-state index is 0.457. The summed E-state index contributed by atoms with van der Waals surface area (Å²) in [6.07, 6.45) is 2.47. The molecule has 2 nitrogen and oxygen atoms in total. The molecule has 0 heterocycles. The quantitative estimate of drug-likeness (QED) is 0.567. The lowest BCUT2D eigenvalue weighted by Gasteiger charge is -2.22. The van der Waals surface area contributed by atoms with Crippen LogP contribution < -0.4 is 10.6 Å². The van der Waals surface area contributed by atoms with Gasteiger partial charge in [0.15, 0.2) is 0 Å². The van der Waals surface area contributed by atoms with Gasteiger partial charge in [0, 0.05) is 6.54 Å². The Kier molecular flexibility index (Phi) is 7.29. The molecule has 0 radical (unpaired) electrons. The third-order valence-electron chi connectivity index (χ3n) is 2.52. The minimum atomic E-state index is 0.457. The van der Waals surface area contributed by atoms with Gasteiger partial charge in [0.25, 0.3) is 0 Å². The molecule has 0 aliphatic carbocycles. The van der Waals surface area contributed by atoms with Gasteiger partial charge in [-0.25, -0.2) is 0 Å². The summed E-state index contributed by atoms with van der Waals surface area (Å²) in [5.41, 5.74) is 0.457. The van der Waals surface area contributed by atoms with Crippen LogP contribution in [0.2, 0.25) is 0 Å². The lowest BCUT2D eigenvalue weighted by molar-refractivity contribution is 0.328. The van der Waals surface area contributed by atoms with Crippen molar-refractivity contribution in [1.82, 2.24) is 10.6 Å². The van der Waals surface area contributed by atoms with Gasteiger partial charge in [0.2, 0.25) is 0 Å². The Morgan fingerprint density at radius 1 is 1.00 bits per heavy atom. The van der Waals surface area contributed by atoms with Gasteiger partial charge in [-0.3, -0.25) is 0 Å². The van der Waals surface area contributed by atoms with Crippen molar-refractivity contribution in [1.29, 1.82) is 0 Å². The van der Waals surface area contributed by atoms with E-state index in [9.17, 15) is 0 Å². The summed E-state index contributed by atoms with van der Waals surface area (Å²) in [5, 5.41) is 6.82. The highest BCUT2D eigenvalue weighted by Gasteiger charge is 2.13. The van der Waals surface area contributed by atoms with E-state index >= 15 is 0 Å². The zero-order valence-electron chi connectivity index (χ0n) is 9.74. The third kappa shape index (κ3) is 8.26. The van der Waals surface area contributed by atoms with Gasteiger partial charge >= 0.3 is 0 Å². The summed E-state index contributed by atoms with van der Waals surface area (Å²) in [5.74, 6) is 0. The van der Waals surface area contributed by atoms with E-state index in [-0.39, 0.29) is 0 Å². The van der Waals surface area contributed by atoms with Gasteiger partial charge < -0.3 is 10.6 Å². The van der Waals surface area contributed by atoms with E-state index in [1.165, 1.54) is 12.8 Å². The second kappa shape index (κ2) is 7.34. The van der Waals surface area contributed by atoms with Crippen LogP contribution in [0.15, 0.2) is 0 Å². The molecule has 80 valence electrons. The van der Waals surface area contributed by atoms with Crippen LogP contribution in [0.25, 0.3) is 0 Å². The van der Waals surface area contributed by atoms with Crippen molar-refractivity contribution in [2.24, 2.45) is 5.41 Å². The summed E-state index contributed by atoms with van der Waals surface area (Å²) in [6, 6.07) is 0. The lowest BCUT2D eigenvalue weighted by atomic mass is 9.90. The summed E-state index contributed by atoms with van der Waals surface area (Å²) in [6.45, 7) is 13.5. The Balaban J connectivity index is 3.16. The van der Waals surface area contributed by atoms with Crippen LogP contribution in [-0.2, 0) is 0 Å². The Bertz CT molecular complexity index is 111. The number of hydrogen-bond acceptors (Lipinski definition) is 2. The second-order valence-electron chi connectivity index (χ2n) is 4.40. The molecule has 0 aliphatic heterocycles. The van der Waals surface area contributed by atoms with Gasteiger partial charge in [-0.05, 0) is 37.9 Å². The molecule has 2 N–H and O–H groups in total. The van der Waals surface area contributed by atoms with Crippen LogP contribution in [0.3, 0.4) is 0 Å². The number of hydrogen-bond donors (Lipinski definition) is 2. The molecular weight excluding hydrogens is 160 g/mol. The van der Waals surface area contributed by atoms with Crippen molar-refractivity contribution in [2.45, 2.75) is 40.5 Å². The van der Waals surface area contributed by atoms with Crippen molar-refractivity contribution in [3.05, 3.63) is 0 Å². The maximum atomic E-state index is 3.50. The van der Waals surface area contributed by atoms with E-state index in [0.29, 0.717) is 5.41 Å². The zero-order valence-corrected chi connectivity index (χ0v) is 9.74. The highest BCUT2D eigenvalue weighted by Crippen LogP contribution is 2.17. The van der Waals surface area contributed by atoms with E-state index in [2.05, 4.69) is 38.3 Å². The van der Waals surface area contributed by atoms with Crippen LogP contribution in [0, 0.1) is 5.41 Å². The lowest BCUT2D eigenvalue weighted by Crippen LogP contribution is -2.30. The monoisotopic (exact) mass is 186 g/mol. The molecule has 0 rings (SSSR count). The van der Waals surface area contributed by atoms with Gasteiger partial charge in [-0.1, -0.05) is 27.7 Å². The highest BCUT2D eigenvalue weighted by atomic mass is 14.9. The Morgan fingerprint density at radius 2 is 1.62 bits per heavy atom. The topological polar surface area (TPSA) is 24.1 Å². The average Bonchev–Trinajstić information content (AvgIpc) is 2.11. The van der Waals surface area contributed by atoms with Crippen molar-refractivity contribution in [2.75, 3.05) is 26.2 Å². The van der Waals surface area contributed by atoms with E-state index < -0.39 is 0 Å². The molecule has 0 aromatic heterocycles. The molecule has 0 spiro atoms. The fraction of sp³-hybridized carbons (Fsp3) is 1.00. The number of nitrogens with one attached hydrogen (secondary N) is 2. The summed E-state index contributed by atoms with van der Waals surface area (Å²) in [4.78, 5) is 0. The first-order valence-electron chi connectivity index (χ1n) is 5.54. The molecule has 0 unspecified atom stereocenters. The highest BCUT2D eigenvalue weighted by molar-refractivity contribution is 4.69. The fourth-order valence-electron chi connectivity index (χ4n) is 1.07. The molecular formula is C11H26N2. The molecule has 0 amide bonds. The maximum Gasteiger partial charge on any atom is 0.000242 e. The minimum Gasteiger partial charge on any atom is -0.317 e. The largest absolute Gasteiger partial charge is 0.317 e. The predicted octanol–water partition coefficient (Wildman–Crippen LogP) is 2.01. The molecule has 0 aromatic rings. The van der Waals surface area contributed by atoms with Crippen molar-refractivity contribution in [3.63, 3.8) is 0 Å². The van der Waals surface area contributed by atoms with E-state index in [4.69, 9.17) is 0 Å². The SMILES string of the molecule is CCNCCCNCC(C)(C)CC. The smallest absolute Gasteiger partial charge is 0.000242 e. The first-order chi connectivity index (χ1) is 6.12. The predicted molar refractivity (Wildman–Crippen MR) is 60.1 cm³/mol. The molecule has 0 bridgehead atoms. The van der Waals surface area contributed by atoms with Crippen molar-refractivity contribution in [3.8, 4) is 0 Å². The summed E-state index contributed by atoms with van der Waals surface area (Å²) in [7, 11) is 0. The maximum absolute atomic E-state index is 3.50. The van der Waals surface area contributed by atoms with Gasteiger partial charge in [-0.15, -0.1) is 0 Å². The fourth-order valence-corrected chi connectivity index (χ4v) is 1.07. The summed E-state index contributed by atoms with van der Waals surface area (Å²) >= 11 is 0. The van der Waals surface area contributed by atoms with Crippen molar-refractivity contribution < 1.29 is 0 Å². The molecule has 0 aliphatic rings. The van der Waals surface area contributed by atoms with E-state index in [1.807, 2.05) is 0 Å². The Labute approximate surface area is 83.5 Å². The van der Waals surface area contributed by atoms with Crippen LogP contribution >= 0.6 is 0 Å². The van der Waals surface area contributed by atoms with E-state index in [0.717, 1.165) is 26.2 Å². The molecule has 2 heteroatoms. The van der Waals surface area contributed by atoms with Gasteiger partial charge in [0.05, 0.1) is 0 Å². The Hall–Kier alpha value is -0.0800. The van der Waals surface area contributed by atoms with Crippen LogP contribution in [0.1, 0.15) is 40.5 Å². The third-order valence-corrected chi connectivity index (χ3v) is 2.52. The molecule has 0 aromatic carbocycles. The standard InChI is InChI=1S/C11H26N2/c1-5-11(3,4)10-13-9-7-8-12-6-2/h12-13H,5-10H2,1-4H3. The molecule has 0 atom stereocenters. The zero-order chi connectivity index (χ0) is 10.2. The molecule has 0 saturated heterocycles. The first kappa shape index (κ1) is 12.9. The van der Waals surface area contributed by atoms with Crippen LogP contribution in [0.4, 0.5) is 0 Å². The second-order valence-corrected chi connectivity index (χ2v) is 4.40. The Morgan fingerprint density at radius 3 is 2.15 bits per heavy atom. The molecule has 0 saturated carbocycles. The molecule has 0 fully saturated rings. The van der Waals surface area contributed by atoms with Gasteiger partial charge in [0.1, 0.15) is 0 Å². The normalized spacial score (nSPS) is 12.0. The van der Waals surface area contributed by atoms with E-state index in [1.54, 1.807) is 0 Å². The van der Waals surface area contributed by atoms with Crippen LogP contribution in [0.5, 0.6) is 0 Å². The summed E-state index contributed by atoms with van der Waals surface area (Å²) < 4.78 is 0. The van der Waals surface area contributed by atoms with Crippen LogP contribution in [-0.4, -0.2) is 26.2 Å². The van der Waals surface area contributed by atoms with Gasteiger partial charge in [-0.2, -0.15) is 0 Å². The number of rotatable bonds is 8.